The third-order valence-corrected chi connectivity index (χ3v) is 4.45. The Balaban J connectivity index is 0.00000242. The first-order chi connectivity index (χ1) is 9.94. The largest absolute Gasteiger partial charge is 0.318 e. The van der Waals surface area contributed by atoms with Crippen LogP contribution in [0.4, 0.5) is 5.82 Å². The predicted molar refractivity (Wildman–Crippen MR) is 92.4 cm³/mol. The lowest BCUT2D eigenvalue weighted by atomic mass is 9.87. The van der Waals surface area contributed by atoms with E-state index in [1.165, 1.54) is 32.1 Å². The van der Waals surface area contributed by atoms with E-state index in [-0.39, 0.29) is 18.3 Å². The van der Waals surface area contributed by atoms with Crippen LogP contribution in [0.5, 0.6) is 0 Å². The molecule has 6 heteroatoms. The lowest BCUT2D eigenvalue weighted by Crippen LogP contribution is -2.48. The molecule has 126 valence electrons. The Morgan fingerprint density at radius 3 is 2.68 bits per heavy atom. The molecule has 1 fully saturated rings. The van der Waals surface area contributed by atoms with Crippen LogP contribution in [0, 0.1) is 0 Å². The minimum absolute atomic E-state index is 0. The molecule has 1 amide bonds. The highest BCUT2D eigenvalue weighted by molar-refractivity contribution is 5.97. The molecule has 0 spiro atoms. The molecule has 1 aliphatic rings. The normalized spacial score (nSPS) is 18.4. The van der Waals surface area contributed by atoms with Crippen LogP contribution in [0.3, 0.4) is 0 Å². The van der Waals surface area contributed by atoms with Gasteiger partial charge in [0.2, 0.25) is 5.91 Å². The van der Waals surface area contributed by atoms with Gasteiger partial charge in [-0.15, -0.1) is 12.4 Å². The average Bonchev–Trinajstić information content (AvgIpc) is 2.81. The molecule has 1 aromatic rings. The van der Waals surface area contributed by atoms with E-state index in [0.29, 0.717) is 12.3 Å². The SMILES string of the molecule is CCCC(C)(N)C(=O)Nc1cc(C2CCCCC2)nn1C.Cl. The van der Waals surface area contributed by atoms with E-state index in [4.69, 9.17) is 5.73 Å². The third kappa shape index (κ3) is 4.46. The van der Waals surface area contributed by atoms with Crippen molar-refractivity contribution in [3.63, 3.8) is 0 Å². The number of halogens is 1. The van der Waals surface area contributed by atoms with Crippen LogP contribution in [0.1, 0.15) is 70.4 Å². The second-order valence-electron chi connectivity index (χ2n) is 6.53. The van der Waals surface area contributed by atoms with Gasteiger partial charge in [0.15, 0.2) is 0 Å². The van der Waals surface area contributed by atoms with Crippen LogP contribution in [-0.4, -0.2) is 21.2 Å². The van der Waals surface area contributed by atoms with E-state index in [9.17, 15) is 4.79 Å². The van der Waals surface area contributed by atoms with Gasteiger partial charge in [0, 0.05) is 19.0 Å². The molecule has 1 heterocycles. The molecule has 2 rings (SSSR count). The predicted octanol–water partition coefficient (Wildman–Crippen LogP) is 3.35. The molecule has 1 aromatic heterocycles. The summed E-state index contributed by atoms with van der Waals surface area (Å²) < 4.78 is 1.75. The molecule has 1 aliphatic carbocycles. The van der Waals surface area contributed by atoms with Gasteiger partial charge >= 0.3 is 0 Å². The Morgan fingerprint density at radius 1 is 1.45 bits per heavy atom. The van der Waals surface area contributed by atoms with Crippen LogP contribution in [0.15, 0.2) is 6.07 Å². The van der Waals surface area contributed by atoms with E-state index < -0.39 is 5.54 Å². The molecule has 1 saturated carbocycles. The highest BCUT2D eigenvalue weighted by Crippen LogP contribution is 2.32. The highest BCUT2D eigenvalue weighted by Gasteiger charge is 2.28. The maximum Gasteiger partial charge on any atom is 0.245 e. The molecule has 0 bridgehead atoms. The number of hydrogen-bond donors (Lipinski definition) is 2. The van der Waals surface area contributed by atoms with Crippen molar-refractivity contribution < 1.29 is 4.79 Å². The lowest BCUT2D eigenvalue weighted by Gasteiger charge is -2.22. The molecule has 22 heavy (non-hydrogen) atoms. The number of hydrogen-bond acceptors (Lipinski definition) is 3. The molecule has 1 unspecified atom stereocenters. The van der Waals surface area contributed by atoms with Gasteiger partial charge < -0.3 is 11.1 Å². The molecule has 0 radical (unpaired) electrons. The number of anilines is 1. The van der Waals surface area contributed by atoms with Crippen LogP contribution < -0.4 is 11.1 Å². The zero-order valence-corrected chi connectivity index (χ0v) is 14.7. The van der Waals surface area contributed by atoms with E-state index >= 15 is 0 Å². The molecule has 3 N–H and O–H groups in total. The Bertz CT molecular complexity index is 492. The average molecular weight is 329 g/mol. The maximum atomic E-state index is 12.3. The fourth-order valence-electron chi connectivity index (χ4n) is 3.10. The first-order valence-electron chi connectivity index (χ1n) is 8.08. The van der Waals surface area contributed by atoms with Gasteiger partial charge in [-0.1, -0.05) is 32.6 Å². The number of aromatic nitrogens is 2. The van der Waals surface area contributed by atoms with Crippen molar-refractivity contribution in [3.8, 4) is 0 Å². The molecule has 0 aliphatic heterocycles. The van der Waals surface area contributed by atoms with Crippen molar-refractivity contribution in [1.29, 1.82) is 0 Å². The fraction of sp³-hybridized carbons (Fsp3) is 0.750. The number of nitrogens with zero attached hydrogens (tertiary/aromatic N) is 2. The minimum Gasteiger partial charge on any atom is -0.318 e. The van der Waals surface area contributed by atoms with Gasteiger partial charge in [0.1, 0.15) is 5.82 Å². The Kier molecular flexibility index (Phi) is 6.88. The second-order valence-corrected chi connectivity index (χ2v) is 6.53. The number of carbonyl (C=O) groups is 1. The first kappa shape index (κ1) is 19.0. The summed E-state index contributed by atoms with van der Waals surface area (Å²) in [6, 6.07) is 2.01. The van der Waals surface area contributed by atoms with Crippen LogP contribution >= 0.6 is 12.4 Å². The standard InChI is InChI=1S/C16H28N4O.ClH/c1-4-10-16(2,17)15(21)18-14-11-13(19-20(14)3)12-8-6-5-7-9-12;/h11-12H,4-10,17H2,1-3H3,(H,18,21);1H. The summed E-state index contributed by atoms with van der Waals surface area (Å²) in [5.74, 6) is 1.14. The molecule has 1 atom stereocenters. The van der Waals surface area contributed by atoms with Gasteiger partial charge in [-0.3, -0.25) is 9.48 Å². The summed E-state index contributed by atoms with van der Waals surface area (Å²) in [7, 11) is 1.87. The zero-order chi connectivity index (χ0) is 15.5. The Hall–Kier alpha value is -1.07. The van der Waals surface area contributed by atoms with Crippen molar-refractivity contribution in [2.24, 2.45) is 12.8 Å². The number of amides is 1. The molecular weight excluding hydrogens is 300 g/mol. The zero-order valence-electron chi connectivity index (χ0n) is 13.9. The monoisotopic (exact) mass is 328 g/mol. The van der Waals surface area contributed by atoms with Crippen molar-refractivity contribution in [3.05, 3.63) is 11.8 Å². The van der Waals surface area contributed by atoms with Crippen LogP contribution in [0.25, 0.3) is 0 Å². The summed E-state index contributed by atoms with van der Waals surface area (Å²) in [6.07, 6.45) is 7.85. The van der Waals surface area contributed by atoms with Crippen molar-refractivity contribution in [2.45, 2.75) is 70.3 Å². The maximum absolute atomic E-state index is 12.3. The quantitative estimate of drug-likeness (QED) is 0.870. The van der Waals surface area contributed by atoms with Gasteiger partial charge in [0.25, 0.3) is 0 Å². The second kappa shape index (κ2) is 7.97. The van der Waals surface area contributed by atoms with E-state index in [1.807, 2.05) is 20.0 Å². The van der Waals surface area contributed by atoms with E-state index in [2.05, 4.69) is 10.4 Å². The Morgan fingerprint density at radius 2 is 2.09 bits per heavy atom. The van der Waals surface area contributed by atoms with Crippen LogP contribution in [0.2, 0.25) is 0 Å². The van der Waals surface area contributed by atoms with Gasteiger partial charge in [-0.05, 0) is 26.2 Å². The summed E-state index contributed by atoms with van der Waals surface area (Å²) in [5, 5.41) is 7.51. The highest BCUT2D eigenvalue weighted by atomic mass is 35.5. The number of nitrogens with one attached hydrogen (secondary N) is 1. The first-order valence-corrected chi connectivity index (χ1v) is 8.08. The third-order valence-electron chi connectivity index (χ3n) is 4.45. The lowest BCUT2D eigenvalue weighted by molar-refractivity contribution is -0.120. The van der Waals surface area contributed by atoms with Gasteiger partial charge in [-0.25, -0.2) is 0 Å². The minimum atomic E-state index is -0.829. The molecule has 5 nitrogen and oxygen atoms in total. The fourth-order valence-corrected chi connectivity index (χ4v) is 3.10. The summed E-state index contributed by atoms with van der Waals surface area (Å²) in [4.78, 5) is 12.3. The number of rotatable bonds is 5. The number of nitrogens with two attached hydrogens (primary N) is 1. The van der Waals surface area contributed by atoms with Gasteiger partial charge in [-0.2, -0.15) is 5.10 Å². The summed E-state index contributed by atoms with van der Waals surface area (Å²) >= 11 is 0. The van der Waals surface area contributed by atoms with Crippen molar-refractivity contribution >= 4 is 24.1 Å². The van der Waals surface area contributed by atoms with Crippen molar-refractivity contribution in [1.82, 2.24) is 9.78 Å². The summed E-state index contributed by atoms with van der Waals surface area (Å²) in [6.45, 7) is 3.81. The van der Waals surface area contributed by atoms with Crippen molar-refractivity contribution in [2.75, 3.05) is 5.32 Å². The van der Waals surface area contributed by atoms with E-state index in [0.717, 1.165) is 17.9 Å². The summed E-state index contributed by atoms with van der Waals surface area (Å²) in [5.41, 5.74) is 6.35. The topological polar surface area (TPSA) is 72.9 Å². The Labute approximate surface area is 139 Å². The molecular formula is C16H29ClN4O. The van der Waals surface area contributed by atoms with Crippen LogP contribution in [-0.2, 0) is 11.8 Å². The number of carbonyl (C=O) groups excluding carboxylic acids is 1. The van der Waals surface area contributed by atoms with Gasteiger partial charge in [0.05, 0.1) is 11.2 Å². The smallest absolute Gasteiger partial charge is 0.245 e. The van der Waals surface area contributed by atoms with E-state index in [1.54, 1.807) is 11.6 Å². The molecule has 0 saturated heterocycles. The molecule has 0 aromatic carbocycles. The number of aryl methyl sites for hydroxylation is 1.